The number of carbonyl (C=O) groups is 1. The van der Waals surface area contributed by atoms with Gasteiger partial charge in [-0.25, -0.2) is 9.37 Å². The van der Waals surface area contributed by atoms with Gasteiger partial charge in [0.1, 0.15) is 18.0 Å². The fraction of sp³-hybridized carbons (Fsp3) is 0.182. The minimum absolute atomic E-state index is 0.231. The zero-order valence-corrected chi connectivity index (χ0v) is 9.20. The van der Waals surface area contributed by atoms with Crippen LogP contribution in [0.5, 0.6) is 0 Å². The minimum Gasteiger partial charge on any atom is -0.345 e. The topological polar surface area (TPSA) is 70.7 Å². The molecule has 17 heavy (non-hydrogen) atoms. The standard InChI is InChI=1S/C11H11FN4O/c1-7-2-8(4-9(12)3-7)11(17)13-5-10-14-6-15-16-10/h2-4,6H,5H2,1H3,(H,13,17)(H,14,15,16). The van der Waals surface area contributed by atoms with E-state index in [1.165, 1.54) is 18.5 Å². The van der Waals surface area contributed by atoms with Crippen molar-refractivity contribution in [3.63, 3.8) is 0 Å². The lowest BCUT2D eigenvalue weighted by molar-refractivity contribution is 0.0949. The van der Waals surface area contributed by atoms with E-state index in [4.69, 9.17) is 0 Å². The lowest BCUT2D eigenvalue weighted by Gasteiger charge is -2.04. The highest BCUT2D eigenvalue weighted by Gasteiger charge is 2.08. The number of hydrogen-bond donors (Lipinski definition) is 2. The summed E-state index contributed by atoms with van der Waals surface area (Å²) in [5, 5.41) is 8.89. The number of H-pyrrole nitrogens is 1. The number of carbonyl (C=O) groups excluding carboxylic acids is 1. The number of aryl methyl sites for hydroxylation is 1. The number of nitrogens with one attached hydrogen (secondary N) is 2. The van der Waals surface area contributed by atoms with E-state index in [0.29, 0.717) is 17.0 Å². The average molecular weight is 234 g/mol. The molecule has 0 aliphatic rings. The lowest BCUT2D eigenvalue weighted by atomic mass is 10.1. The first kappa shape index (κ1) is 11.3. The van der Waals surface area contributed by atoms with Crippen LogP contribution in [0.25, 0.3) is 0 Å². The van der Waals surface area contributed by atoms with Crippen LogP contribution in [0.15, 0.2) is 24.5 Å². The molecule has 0 spiro atoms. The van der Waals surface area contributed by atoms with Gasteiger partial charge in [0, 0.05) is 5.56 Å². The van der Waals surface area contributed by atoms with Gasteiger partial charge in [0.2, 0.25) is 0 Å². The summed E-state index contributed by atoms with van der Waals surface area (Å²) >= 11 is 0. The summed E-state index contributed by atoms with van der Waals surface area (Å²) < 4.78 is 13.1. The molecule has 2 N–H and O–H groups in total. The molecule has 0 aliphatic heterocycles. The monoisotopic (exact) mass is 234 g/mol. The molecule has 1 amide bonds. The van der Waals surface area contributed by atoms with E-state index in [1.807, 2.05) is 0 Å². The Morgan fingerprint density at radius 1 is 1.47 bits per heavy atom. The summed E-state index contributed by atoms with van der Waals surface area (Å²) in [7, 11) is 0. The molecule has 0 bridgehead atoms. The second-order valence-corrected chi connectivity index (χ2v) is 3.63. The van der Waals surface area contributed by atoms with Crippen LogP contribution in [0, 0.1) is 12.7 Å². The molecule has 0 radical (unpaired) electrons. The molecule has 2 aromatic rings. The molecule has 1 heterocycles. The van der Waals surface area contributed by atoms with E-state index in [0.717, 1.165) is 0 Å². The Labute approximate surface area is 97.1 Å². The normalized spacial score (nSPS) is 10.2. The molecule has 0 unspecified atom stereocenters. The molecule has 0 saturated carbocycles. The van der Waals surface area contributed by atoms with Gasteiger partial charge in [-0.15, -0.1) is 0 Å². The third kappa shape index (κ3) is 2.87. The van der Waals surface area contributed by atoms with Crippen molar-refractivity contribution >= 4 is 5.91 Å². The predicted octanol–water partition coefficient (Wildman–Crippen LogP) is 1.18. The van der Waals surface area contributed by atoms with Gasteiger partial charge < -0.3 is 5.32 Å². The first-order valence-corrected chi connectivity index (χ1v) is 5.05. The number of rotatable bonds is 3. The van der Waals surface area contributed by atoms with Gasteiger partial charge in [-0.05, 0) is 30.7 Å². The highest BCUT2D eigenvalue weighted by molar-refractivity contribution is 5.94. The molecule has 0 aliphatic carbocycles. The van der Waals surface area contributed by atoms with Crippen LogP contribution in [-0.4, -0.2) is 21.1 Å². The lowest BCUT2D eigenvalue weighted by Crippen LogP contribution is -2.23. The fourth-order valence-corrected chi connectivity index (χ4v) is 1.45. The summed E-state index contributed by atoms with van der Waals surface area (Å²) in [6, 6.07) is 4.19. The van der Waals surface area contributed by atoms with Gasteiger partial charge in [0.15, 0.2) is 0 Å². The van der Waals surface area contributed by atoms with E-state index >= 15 is 0 Å². The van der Waals surface area contributed by atoms with Crippen molar-refractivity contribution in [2.24, 2.45) is 0 Å². The third-order valence-electron chi connectivity index (χ3n) is 2.19. The number of amides is 1. The van der Waals surface area contributed by atoms with Crippen molar-refractivity contribution in [3.05, 3.63) is 47.3 Å². The summed E-state index contributed by atoms with van der Waals surface area (Å²) in [6.45, 7) is 1.96. The first-order valence-electron chi connectivity index (χ1n) is 5.05. The Hall–Kier alpha value is -2.24. The van der Waals surface area contributed by atoms with Gasteiger partial charge in [-0.3, -0.25) is 9.89 Å². The van der Waals surface area contributed by atoms with Crippen LogP contribution in [0.4, 0.5) is 4.39 Å². The number of nitrogens with zero attached hydrogens (tertiary/aromatic N) is 2. The molecule has 0 atom stereocenters. The summed E-state index contributed by atoms with van der Waals surface area (Å²) in [5.41, 5.74) is 0.997. The van der Waals surface area contributed by atoms with Gasteiger partial charge in [0.05, 0.1) is 6.54 Å². The van der Waals surface area contributed by atoms with Gasteiger partial charge in [0.25, 0.3) is 5.91 Å². The molecule has 6 heteroatoms. The van der Waals surface area contributed by atoms with Gasteiger partial charge in [-0.1, -0.05) is 0 Å². The highest BCUT2D eigenvalue weighted by atomic mass is 19.1. The van der Waals surface area contributed by atoms with E-state index in [2.05, 4.69) is 20.5 Å². The van der Waals surface area contributed by atoms with Crippen LogP contribution >= 0.6 is 0 Å². The van der Waals surface area contributed by atoms with Gasteiger partial charge in [-0.2, -0.15) is 5.10 Å². The summed E-state index contributed by atoms with van der Waals surface area (Å²) in [5.74, 6) is -0.217. The maximum atomic E-state index is 13.1. The molecule has 0 fully saturated rings. The fourth-order valence-electron chi connectivity index (χ4n) is 1.45. The van der Waals surface area contributed by atoms with Crippen molar-refractivity contribution in [3.8, 4) is 0 Å². The van der Waals surface area contributed by atoms with E-state index < -0.39 is 5.82 Å². The molecular formula is C11H11FN4O. The first-order chi connectivity index (χ1) is 8.15. The second-order valence-electron chi connectivity index (χ2n) is 3.63. The summed E-state index contributed by atoms with van der Waals surface area (Å²) in [6.07, 6.45) is 1.35. The number of aromatic amines is 1. The molecule has 88 valence electrons. The molecule has 0 saturated heterocycles. The van der Waals surface area contributed by atoms with Crippen molar-refractivity contribution in [2.45, 2.75) is 13.5 Å². The maximum Gasteiger partial charge on any atom is 0.251 e. The Bertz CT molecular complexity index is 504. The second kappa shape index (κ2) is 4.73. The quantitative estimate of drug-likeness (QED) is 0.837. The van der Waals surface area contributed by atoms with Crippen LogP contribution in [0.1, 0.15) is 21.7 Å². The number of hydrogen-bond acceptors (Lipinski definition) is 3. The Morgan fingerprint density at radius 2 is 2.29 bits per heavy atom. The molecule has 5 nitrogen and oxygen atoms in total. The molecular weight excluding hydrogens is 223 g/mol. The van der Waals surface area contributed by atoms with Crippen molar-refractivity contribution in [1.29, 1.82) is 0 Å². The number of benzene rings is 1. The van der Waals surface area contributed by atoms with E-state index in [1.54, 1.807) is 13.0 Å². The van der Waals surface area contributed by atoms with E-state index in [-0.39, 0.29) is 12.5 Å². The van der Waals surface area contributed by atoms with Crippen molar-refractivity contribution in [1.82, 2.24) is 20.5 Å². The number of halogens is 1. The van der Waals surface area contributed by atoms with Gasteiger partial charge >= 0.3 is 0 Å². The smallest absolute Gasteiger partial charge is 0.251 e. The summed E-state index contributed by atoms with van der Waals surface area (Å²) in [4.78, 5) is 15.6. The minimum atomic E-state index is -0.421. The number of aromatic nitrogens is 3. The Balaban J connectivity index is 2.04. The SMILES string of the molecule is Cc1cc(F)cc(C(=O)NCc2ncn[nH]2)c1. The third-order valence-corrected chi connectivity index (χ3v) is 2.19. The largest absolute Gasteiger partial charge is 0.345 e. The van der Waals surface area contributed by atoms with Crippen molar-refractivity contribution in [2.75, 3.05) is 0 Å². The van der Waals surface area contributed by atoms with Crippen LogP contribution in [-0.2, 0) is 6.54 Å². The highest BCUT2D eigenvalue weighted by Crippen LogP contribution is 2.08. The van der Waals surface area contributed by atoms with E-state index in [9.17, 15) is 9.18 Å². The predicted molar refractivity (Wildman–Crippen MR) is 58.7 cm³/mol. The molecule has 1 aromatic heterocycles. The molecule has 2 rings (SSSR count). The van der Waals surface area contributed by atoms with Crippen LogP contribution in [0.3, 0.4) is 0 Å². The zero-order chi connectivity index (χ0) is 12.3. The van der Waals surface area contributed by atoms with Crippen molar-refractivity contribution < 1.29 is 9.18 Å². The van der Waals surface area contributed by atoms with Crippen LogP contribution in [0.2, 0.25) is 0 Å². The Morgan fingerprint density at radius 3 is 2.94 bits per heavy atom. The zero-order valence-electron chi connectivity index (χ0n) is 9.20. The Kier molecular flexibility index (Phi) is 3.13. The maximum absolute atomic E-state index is 13.1. The average Bonchev–Trinajstić information content (AvgIpc) is 2.77. The van der Waals surface area contributed by atoms with Crippen LogP contribution < -0.4 is 5.32 Å². The molecule has 1 aromatic carbocycles.